The topological polar surface area (TPSA) is 56.8 Å². The van der Waals surface area contributed by atoms with Gasteiger partial charge in [0.25, 0.3) is 5.91 Å². The fraction of sp³-hybridized carbons (Fsp3) is 0.235. The quantitative estimate of drug-likeness (QED) is 0.880. The number of fused-ring (bicyclic) bond motifs is 1. The summed E-state index contributed by atoms with van der Waals surface area (Å²) in [6, 6.07) is 12.2. The molecule has 1 amide bonds. The van der Waals surface area contributed by atoms with Gasteiger partial charge in [-0.3, -0.25) is 4.79 Å². The van der Waals surface area contributed by atoms with Crippen molar-refractivity contribution in [3.8, 4) is 17.2 Å². The number of benzene rings is 2. The number of nitrogens with one attached hydrogen (secondary N) is 1. The van der Waals surface area contributed by atoms with Crippen LogP contribution in [0.1, 0.15) is 0 Å². The first-order valence-corrected chi connectivity index (χ1v) is 8.10. The molecule has 1 aliphatic rings. The largest absolute Gasteiger partial charge is 0.486 e. The van der Waals surface area contributed by atoms with Crippen LogP contribution in [-0.4, -0.2) is 31.8 Å². The Labute approximate surface area is 149 Å². The van der Waals surface area contributed by atoms with Crippen LogP contribution in [-0.2, 0) is 4.79 Å². The molecule has 1 N–H and O–H groups in total. The Morgan fingerprint density at radius 3 is 2.62 bits per heavy atom. The lowest BCUT2D eigenvalue weighted by molar-refractivity contribution is -0.123. The molecule has 1 aliphatic heterocycles. The average molecular weight is 368 g/mol. The zero-order valence-corrected chi connectivity index (χ0v) is 14.1. The molecular formula is C17H15Cl2NO4. The van der Waals surface area contributed by atoms with Crippen molar-refractivity contribution >= 4 is 29.1 Å². The molecule has 24 heavy (non-hydrogen) atoms. The van der Waals surface area contributed by atoms with Gasteiger partial charge in [-0.05, 0) is 30.3 Å². The normalized spacial score (nSPS) is 15.7. The predicted molar refractivity (Wildman–Crippen MR) is 91.3 cm³/mol. The second-order valence-corrected chi connectivity index (χ2v) is 6.07. The van der Waals surface area contributed by atoms with Gasteiger partial charge in [-0.1, -0.05) is 35.3 Å². The van der Waals surface area contributed by atoms with Crippen molar-refractivity contribution in [2.75, 3.05) is 19.8 Å². The van der Waals surface area contributed by atoms with Gasteiger partial charge in [0.2, 0.25) is 0 Å². The number of halogens is 2. The molecule has 3 rings (SSSR count). The number of carbonyl (C=O) groups is 1. The zero-order valence-electron chi connectivity index (χ0n) is 12.6. The number of para-hydroxylation sites is 2. The first-order valence-electron chi connectivity index (χ1n) is 7.34. The molecule has 0 aliphatic carbocycles. The summed E-state index contributed by atoms with van der Waals surface area (Å²) >= 11 is 11.7. The van der Waals surface area contributed by atoms with Crippen LogP contribution in [0.5, 0.6) is 17.2 Å². The molecule has 1 atom stereocenters. The van der Waals surface area contributed by atoms with E-state index in [4.69, 9.17) is 37.4 Å². The molecule has 126 valence electrons. The number of carbonyl (C=O) groups excluding carboxylic acids is 1. The van der Waals surface area contributed by atoms with Crippen molar-refractivity contribution in [2.45, 2.75) is 6.10 Å². The van der Waals surface area contributed by atoms with E-state index in [0.29, 0.717) is 40.4 Å². The fourth-order valence-corrected chi connectivity index (χ4v) is 2.71. The summed E-state index contributed by atoms with van der Waals surface area (Å²) < 4.78 is 16.7. The van der Waals surface area contributed by atoms with Gasteiger partial charge in [-0.2, -0.15) is 0 Å². The summed E-state index contributed by atoms with van der Waals surface area (Å²) in [7, 11) is 0. The van der Waals surface area contributed by atoms with E-state index >= 15 is 0 Å². The lowest BCUT2D eigenvalue weighted by atomic mass is 10.2. The lowest BCUT2D eigenvalue weighted by Crippen LogP contribution is -2.42. The second kappa shape index (κ2) is 7.64. The Balaban J connectivity index is 1.45. The summed E-state index contributed by atoms with van der Waals surface area (Å²) in [5.41, 5.74) is 0. The molecular weight excluding hydrogens is 353 g/mol. The van der Waals surface area contributed by atoms with E-state index in [0.717, 1.165) is 0 Å². The minimum absolute atomic E-state index is 0.138. The summed E-state index contributed by atoms with van der Waals surface area (Å²) in [6.45, 7) is 0.565. The maximum Gasteiger partial charge on any atom is 0.258 e. The first-order chi connectivity index (χ1) is 11.6. The first kappa shape index (κ1) is 16.7. The van der Waals surface area contributed by atoms with Crippen LogP contribution in [0.4, 0.5) is 0 Å². The standard InChI is InChI=1S/C17H15Cl2NO4/c18-11-5-12(19)7-13(6-11)22-10-17(21)20-8-14-9-23-15-3-1-2-4-16(15)24-14/h1-7,14H,8-10H2,(H,20,21)/t14-/m1/s1. The van der Waals surface area contributed by atoms with Crippen LogP contribution < -0.4 is 19.5 Å². The van der Waals surface area contributed by atoms with Gasteiger partial charge >= 0.3 is 0 Å². The molecule has 0 fully saturated rings. The van der Waals surface area contributed by atoms with E-state index in [1.807, 2.05) is 24.3 Å². The predicted octanol–water partition coefficient (Wildman–Crippen LogP) is 3.33. The molecule has 0 unspecified atom stereocenters. The van der Waals surface area contributed by atoms with Crippen LogP contribution in [0.3, 0.4) is 0 Å². The van der Waals surface area contributed by atoms with Gasteiger partial charge in [0.1, 0.15) is 18.5 Å². The van der Waals surface area contributed by atoms with Crippen molar-refractivity contribution in [3.05, 3.63) is 52.5 Å². The van der Waals surface area contributed by atoms with Crippen LogP contribution in [0.15, 0.2) is 42.5 Å². The van der Waals surface area contributed by atoms with Crippen molar-refractivity contribution in [1.82, 2.24) is 5.32 Å². The maximum absolute atomic E-state index is 11.9. The summed E-state index contributed by atoms with van der Waals surface area (Å²) in [6.07, 6.45) is -0.246. The lowest BCUT2D eigenvalue weighted by Gasteiger charge is -2.26. The molecule has 0 spiro atoms. The average Bonchev–Trinajstić information content (AvgIpc) is 2.57. The van der Waals surface area contributed by atoms with Gasteiger partial charge in [0, 0.05) is 10.0 Å². The third kappa shape index (κ3) is 4.46. The van der Waals surface area contributed by atoms with Crippen LogP contribution in [0, 0.1) is 0 Å². The molecule has 1 heterocycles. The number of rotatable bonds is 5. The van der Waals surface area contributed by atoms with Crippen molar-refractivity contribution in [1.29, 1.82) is 0 Å². The fourth-order valence-electron chi connectivity index (χ4n) is 2.20. The highest BCUT2D eigenvalue weighted by Crippen LogP contribution is 2.30. The van der Waals surface area contributed by atoms with Crippen molar-refractivity contribution < 1.29 is 19.0 Å². The van der Waals surface area contributed by atoms with Crippen molar-refractivity contribution in [2.24, 2.45) is 0 Å². The molecule has 0 saturated carbocycles. The van der Waals surface area contributed by atoms with E-state index in [1.165, 1.54) is 0 Å². The van der Waals surface area contributed by atoms with E-state index < -0.39 is 0 Å². The highest BCUT2D eigenvalue weighted by molar-refractivity contribution is 6.34. The Hall–Kier alpha value is -2.11. The van der Waals surface area contributed by atoms with E-state index in [2.05, 4.69) is 5.32 Å². The number of ether oxygens (including phenoxy) is 3. The zero-order chi connectivity index (χ0) is 16.9. The summed E-state index contributed by atoms with van der Waals surface area (Å²) in [4.78, 5) is 11.9. The second-order valence-electron chi connectivity index (χ2n) is 5.20. The van der Waals surface area contributed by atoms with Gasteiger partial charge in [0.05, 0.1) is 6.54 Å². The minimum Gasteiger partial charge on any atom is -0.486 e. The Morgan fingerprint density at radius 1 is 1.17 bits per heavy atom. The third-order valence-electron chi connectivity index (χ3n) is 3.30. The number of hydrogen-bond acceptors (Lipinski definition) is 4. The Bertz CT molecular complexity index is 718. The Morgan fingerprint density at radius 2 is 1.88 bits per heavy atom. The minimum atomic E-state index is -0.270. The molecule has 7 heteroatoms. The highest BCUT2D eigenvalue weighted by Gasteiger charge is 2.21. The Kier molecular flexibility index (Phi) is 5.33. The van der Waals surface area contributed by atoms with Gasteiger partial charge < -0.3 is 19.5 Å². The van der Waals surface area contributed by atoms with E-state index in [9.17, 15) is 4.79 Å². The summed E-state index contributed by atoms with van der Waals surface area (Å²) in [5.74, 6) is 1.55. The van der Waals surface area contributed by atoms with Crippen LogP contribution in [0.25, 0.3) is 0 Å². The van der Waals surface area contributed by atoms with Gasteiger partial charge in [-0.25, -0.2) is 0 Å². The SMILES string of the molecule is O=C(COc1cc(Cl)cc(Cl)c1)NC[C@@H]1COc2ccccc2O1. The van der Waals surface area contributed by atoms with Crippen LogP contribution >= 0.6 is 23.2 Å². The number of hydrogen-bond donors (Lipinski definition) is 1. The van der Waals surface area contributed by atoms with Gasteiger partial charge in [0.15, 0.2) is 18.1 Å². The molecule has 2 aromatic carbocycles. The molecule has 0 aromatic heterocycles. The number of amides is 1. The smallest absolute Gasteiger partial charge is 0.258 e. The molecule has 2 aromatic rings. The molecule has 0 radical (unpaired) electrons. The molecule has 0 bridgehead atoms. The third-order valence-corrected chi connectivity index (χ3v) is 3.74. The van der Waals surface area contributed by atoms with Gasteiger partial charge in [-0.15, -0.1) is 0 Å². The van der Waals surface area contributed by atoms with Crippen LogP contribution in [0.2, 0.25) is 10.0 Å². The molecule has 0 saturated heterocycles. The monoisotopic (exact) mass is 367 g/mol. The highest BCUT2D eigenvalue weighted by atomic mass is 35.5. The molecule has 5 nitrogen and oxygen atoms in total. The van der Waals surface area contributed by atoms with E-state index in [1.54, 1.807) is 18.2 Å². The summed E-state index contributed by atoms with van der Waals surface area (Å²) in [5, 5.41) is 3.64. The van der Waals surface area contributed by atoms with Crippen molar-refractivity contribution in [3.63, 3.8) is 0 Å². The van der Waals surface area contributed by atoms with E-state index in [-0.39, 0.29) is 18.6 Å². The maximum atomic E-state index is 11.9.